The smallest absolute Gasteiger partial charge is 0.383 e. The molecule has 23 heavy (non-hydrogen) atoms. The second-order valence-corrected chi connectivity index (χ2v) is 4.32. The summed E-state index contributed by atoms with van der Waals surface area (Å²) in [5, 5.41) is -1.84. The molecule has 0 aliphatic rings. The van der Waals surface area contributed by atoms with Crippen LogP contribution in [0.15, 0.2) is 30.6 Å². The molecular weight excluding hydrogens is 322 g/mol. The average Bonchev–Trinajstić information content (AvgIpc) is 2.86. The SMILES string of the molecule is NC(=O)c1ncn(-c2cccc(C(=O)N(F)C(F)(F)F)c2)c1N. The van der Waals surface area contributed by atoms with Crippen LogP contribution in [0.25, 0.3) is 5.69 Å². The normalized spacial score (nSPS) is 11.3. The standard InChI is InChI=1S/C12H9F4N5O2/c13-12(14,15)21(16)11(23)6-2-1-3-7(4-6)20-5-19-8(9(20)17)10(18)22/h1-5H,17H2,(H2,18,22). The van der Waals surface area contributed by atoms with Gasteiger partial charge in [0.25, 0.3) is 11.8 Å². The van der Waals surface area contributed by atoms with Crippen molar-refractivity contribution in [3.8, 4) is 5.69 Å². The third-order valence-electron chi connectivity index (χ3n) is 2.81. The molecule has 0 saturated carbocycles. The number of anilines is 1. The highest BCUT2D eigenvalue weighted by Crippen LogP contribution is 2.25. The summed E-state index contributed by atoms with van der Waals surface area (Å²) in [6.07, 6.45) is -4.36. The van der Waals surface area contributed by atoms with E-state index in [-0.39, 0.29) is 17.2 Å². The van der Waals surface area contributed by atoms with E-state index in [0.29, 0.717) is 0 Å². The lowest BCUT2D eigenvalue weighted by Crippen LogP contribution is -2.36. The summed E-state index contributed by atoms with van der Waals surface area (Å²) in [6.45, 7) is 0. The first-order valence-electron chi connectivity index (χ1n) is 5.93. The van der Waals surface area contributed by atoms with E-state index in [2.05, 4.69) is 4.98 Å². The first-order chi connectivity index (χ1) is 10.6. The fraction of sp³-hybridized carbons (Fsp3) is 0.0833. The first kappa shape index (κ1) is 16.3. The highest BCUT2D eigenvalue weighted by Gasteiger charge is 2.42. The molecule has 4 N–H and O–H groups in total. The van der Waals surface area contributed by atoms with E-state index in [1.54, 1.807) is 0 Å². The zero-order chi connectivity index (χ0) is 17.4. The van der Waals surface area contributed by atoms with Crippen molar-refractivity contribution in [2.75, 3.05) is 5.73 Å². The first-order valence-corrected chi connectivity index (χ1v) is 5.93. The maximum atomic E-state index is 13.0. The van der Waals surface area contributed by atoms with Crippen molar-refractivity contribution >= 4 is 17.6 Å². The monoisotopic (exact) mass is 331 g/mol. The Balaban J connectivity index is 2.42. The Morgan fingerprint density at radius 3 is 2.43 bits per heavy atom. The van der Waals surface area contributed by atoms with Crippen molar-refractivity contribution < 1.29 is 27.2 Å². The van der Waals surface area contributed by atoms with Gasteiger partial charge in [0, 0.05) is 11.3 Å². The molecule has 0 fully saturated rings. The lowest BCUT2D eigenvalue weighted by Gasteiger charge is -2.15. The second-order valence-electron chi connectivity index (χ2n) is 4.32. The molecule has 122 valence electrons. The Labute approximate surface area is 126 Å². The molecule has 0 atom stereocenters. The number of benzene rings is 1. The Kier molecular flexibility index (Phi) is 3.95. The van der Waals surface area contributed by atoms with E-state index in [0.717, 1.165) is 23.0 Å². The molecule has 0 saturated heterocycles. The summed E-state index contributed by atoms with van der Waals surface area (Å²) in [5.74, 6) is -2.97. The molecule has 1 aromatic heterocycles. The number of hydrogen-bond acceptors (Lipinski definition) is 4. The third kappa shape index (κ3) is 3.07. The summed E-state index contributed by atoms with van der Waals surface area (Å²) < 4.78 is 50.7. The van der Waals surface area contributed by atoms with Crippen LogP contribution >= 0.6 is 0 Å². The van der Waals surface area contributed by atoms with Crippen molar-refractivity contribution in [2.45, 2.75) is 6.30 Å². The molecule has 0 spiro atoms. The minimum atomic E-state index is -5.46. The topological polar surface area (TPSA) is 107 Å². The van der Waals surface area contributed by atoms with Crippen LogP contribution < -0.4 is 11.5 Å². The maximum absolute atomic E-state index is 13.0. The number of hydrogen-bond donors (Lipinski definition) is 2. The molecule has 11 heteroatoms. The van der Waals surface area contributed by atoms with Gasteiger partial charge in [0.15, 0.2) is 5.69 Å². The van der Waals surface area contributed by atoms with Gasteiger partial charge in [-0.2, -0.15) is 0 Å². The Hall–Kier alpha value is -3.11. The average molecular weight is 331 g/mol. The predicted octanol–water partition coefficient (Wildman–Crippen LogP) is 1.40. The van der Waals surface area contributed by atoms with Crippen LogP contribution in [0.3, 0.4) is 0 Å². The molecular formula is C12H9F4N5O2. The van der Waals surface area contributed by atoms with Crippen LogP contribution in [0.4, 0.5) is 23.5 Å². The van der Waals surface area contributed by atoms with Crippen LogP contribution in [0.1, 0.15) is 20.8 Å². The largest absolute Gasteiger partial charge is 0.515 e. The quantitative estimate of drug-likeness (QED) is 0.503. The molecule has 2 rings (SSSR count). The summed E-state index contributed by atoms with van der Waals surface area (Å²) in [7, 11) is 0. The van der Waals surface area contributed by atoms with Crippen LogP contribution in [-0.4, -0.2) is 32.8 Å². The van der Waals surface area contributed by atoms with E-state index in [4.69, 9.17) is 11.5 Å². The summed E-state index contributed by atoms with van der Waals surface area (Å²) in [4.78, 5) is 26.2. The van der Waals surface area contributed by atoms with Crippen molar-refractivity contribution in [2.24, 2.45) is 5.73 Å². The van der Waals surface area contributed by atoms with Crippen LogP contribution in [0.5, 0.6) is 0 Å². The molecule has 0 unspecified atom stereocenters. The molecule has 7 nitrogen and oxygen atoms in total. The zero-order valence-electron chi connectivity index (χ0n) is 11.2. The number of nitrogens with zero attached hydrogens (tertiary/aromatic N) is 3. The van der Waals surface area contributed by atoms with Crippen molar-refractivity contribution in [3.63, 3.8) is 0 Å². The van der Waals surface area contributed by atoms with Gasteiger partial charge in [-0.15, -0.1) is 13.2 Å². The van der Waals surface area contributed by atoms with E-state index >= 15 is 0 Å². The van der Waals surface area contributed by atoms with Gasteiger partial charge in [0.2, 0.25) is 0 Å². The number of primary amides is 1. The second kappa shape index (κ2) is 5.59. The number of amides is 2. The molecule has 1 heterocycles. The van der Waals surface area contributed by atoms with Gasteiger partial charge >= 0.3 is 6.30 Å². The number of halogens is 4. The highest BCUT2D eigenvalue weighted by atomic mass is 19.4. The van der Waals surface area contributed by atoms with Gasteiger partial charge < -0.3 is 11.5 Å². The molecule has 1 aromatic carbocycles. The maximum Gasteiger partial charge on any atom is 0.515 e. The minimum Gasteiger partial charge on any atom is -0.383 e. The Morgan fingerprint density at radius 1 is 1.26 bits per heavy atom. The minimum absolute atomic E-state index is 0.101. The van der Waals surface area contributed by atoms with Gasteiger partial charge in [0.1, 0.15) is 12.1 Å². The van der Waals surface area contributed by atoms with E-state index < -0.39 is 28.8 Å². The van der Waals surface area contributed by atoms with Gasteiger partial charge in [0.05, 0.1) is 0 Å². The van der Waals surface area contributed by atoms with Crippen molar-refractivity contribution in [3.05, 3.63) is 41.9 Å². The molecule has 0 radical (unpaired) electrons. The van der Waals surface area contributed by atoms with Gasteiger partial charge in [-0.05, 0) is 18.2 Å². The number of aromatic nitrogens is 2. The van der Waals surface area contributed by atoms with Crippen LogP contribution in [0, 0.1) is 0 Å². The van der Waals surface area contributed by atoms with Crippen molar-refractivity contribution in [1.82, 2.24) is 14.7 Å². The van der Waals surface area contributed by atoms with Crippen molar-refractivity contribution in [1.29, 1.82) is 0 Å². The number of imidazole rings is 1. The Bertz CT molecular complexity index is 771. The number of carbonyl (C=O) groups excluding carboxylic acids is 2. The van der Waals surface area contributed by atoms with Gasteiger partial charge in [-0.1, -0.05) is 15.7 Å². The Morgan fingerprint density at radius 2 is 1.91 bits per heavy atom. The number of nitrogen functional groups attached to an aromatic ring is 1. The molecule has 0 aliphatic heterocycles. The molecule has 0 bridgehead atoms. The van der Waals surface area contributed by atoms with E-state index in [9.17, 15) is 27.2 Å². The number of carbonyl (C=O) groups is 2. The fourth-order valence-electron chi connectivity index (χ4n) is 1.77. The van der Waals surface area contributed by atoms with Crippen LogP contribution in [-0.2, 0) is 0 Å². The number of rotatable bonds is 3. The molecule has 2 amide bonds. The number of nitrogens with two attached hydrogens (primary N) is 2. The van der Waals surface area contributed by atoms with Crippen LogP contribution in [0.2, 0.25) is 0 Å². The van der Waals surface area contributed by atoms with E-state index in [1.165, 1.54) is 12.1 Å². The predicted molar refractivity (Wildman–Crippen MR) is 69.8 cm³/mol. The summed E-state index contributed by atoms with van der Waals surface area (Å²) >= 11 is 0. The zero-order valence-corrected chi connectivity index (χ0v) is 11.2. The van der Waals surface area contributed by atoms with Gasteiger partial charge in [-0.3, -0.25) is 14.2 Å². The van der Waals surface area contributed by atoms with Gasteiger partial charge in [-0.25, -0.2) is 4.98 Å². The summed E-state index contributed by atoms with van der Waals surface area (Å²) in [5.41, 5.74) is 9.96. The lowest BCUT2D eigenvalue weighted by molar-refractivity contribution is -0.284. The number of alkyl halides is 3. The lowest BCUT2D eigenvalue weighted by atomic mass is 10.2. The highest BCUT2D eigenvalue weighted by molar-refractivity contribution is 5.96. The third-order valence-corrected chi connectivity index (χ3v) is 2.81. The van der Waals surface area contributed by atoms with E-state index in [1.807, 2.05) is 0 Å². The fourth-order valence-corrected chi connectivity index (χ4v) is 1.77. The summed E-state index contributed by atoms with van der Waals surface area (Å²) in [6, 6.07) is 4.54. The molecule has 0 aliphatic carbocycles. The molecule has 2 aromatic rings.